The second kappa shape index (κ2) is 9.43. The van der Waals surface area contributed by atoms with Crippen LogP contribution in [0.15, 0.2) is 24.4 Å². The largest absolute Gasteiger partial charge is 0.481 e. The fourth-order valence-corrected chi connectivity index (χ4v) is 5.58. The van der Waals surface area contributed by atoms with E-state index < -0.39 is 5.97 Å². The molecule has 1 aromatic carbocycles. The standard InChI is InChI=1S/C26H26Cl2FN3O3/c1-31-17(11-18-21(29)9-16(10-22(18)31)15-2-3-15)12-19-24(27)20(13-30-25(19)28)26(35)32-6-4-14(5-7-32)8-23(33)34/h9-11,13-15H,2-8,12H2,1H3,(H,33,34). The number of pyridine rings is 1. The molecule has 1 saturated heterocycles. The van der Waals surface area contributed by atoms with Gasteiger partial charge in [-0.2, -0.15) is 0 Å². The molecule has 2 fully saturated rings. The molecule has 0 radical (unpaired) electrons. The van der Waals surface area contributed by atoms with E-state index in [1.54, 1.807) is 17.0 Å². The first-order valence-corrected chi connectivity index (χ1v) is 12.6. The summed E-state index contributed by atoms with van der Waals surface area (Å²) in [4.78, 5) is 30.1. The zero-order chi connectivity index (χ0) is 24.9. The maximum atomic E-state index is 14.8. The highest BCUT2D eigenvalue weighted by molar-refractivity contribution is 6.37. The zero-order valence-electron chi connectivity index (χ0n) is 19.4. The number of carboxylic acids is 1. The van der Waals surface area contributed by atoms with Gasteiger partial charge in [-0.1, -0.05) is 23.2 Å². The Morgan fingerprint density at radius 3 is 2.51 bits per heavy atom. The smallest absolute Gasteiger partial charge is 0.303 e. The molecule has 1 amide bonds. The number of likely N-dealkylation sites (tertiary alicyclic amines) is 1. The summed E-state index contributed by atoms with van der Waals surface area (Å²) >= 11 is 13.1. The monoisotopic (exact) mass is 517 g/mol. The van der Waals surface area contributed by atoms with Gasteiger partial charge in [0.25, 0.3) is 5.91 Å². The second-order valence-electron chi connectivity index (χ2n) is 9.67. The molecule has 1 N–H and O–H groups in total. The molecule has 0 unspecified atom stereocenters. The third-order valence-electron chi connectivity index (χ3n) is 7.29. The molecule has 2 aromatic heterocycles. The molecule has 0 atom stereocenters. The number of carboxylic acid groups (broad SMARTS) is 1. The molecule has 1 aliphatic carbocycles. The Kier molecular flexibility index (Phi) is 6.49. The summed E-state index contributed by atoms with van der Waals surface area (Å²) in [6, 6.07) is 5.48. The fourth-order valence-electron chi connectivity index (χ4n) is 5.03. The third-order valence-corrected chi connectivity index (χ3v) is 8.05. The predicted octanol–water partition coefficient (Wildman–Crippen LogP) is 5.81. The molecular formula is C26H26Cl2FN3O3. The van der Waals surface area contributed by atoms with Gasteiger partial charge in [0.1, 0.15) is 11.0 Å². The van der Waals surface area contributed by atoms with Crippen molar-refractivity contribution >= 4 is 46.0 Å². The maximum Gasteiger partial charge on any atom is 0.303 e. The first-order valence-electron chi connectivity index (χ1n) is 11.8. The van der Waals surface area contributed by atoms with Gasteiger partial charge in [-0.3, -0.25) is 9.59 Å². The number of piperidine rings is 1. The Hall–Kier alpha value is -2.64. The average Bonchev–Trinajstić information content (AvgIpc) is 3.62. The lowest BCUT2D eigenvalue weighted by molar-refractivity contribution is -0.138. The van der Waals surface area contributed by atoms with Gasteiger partial charge in [0, 0.05) is 55.8 Å². The van der Waals surface area contributed by atoms with Crippen molar-refractivity contribution in [1.82, 2.24) is 14.5 Å². The van der Waals surface area contributed by atoms with Crippen LogP contribution in [0.1, 0.15) is 65.2 Å². The number of nitrogens with zero attached hydrogens (tertiary/aromatic N) is 3. The number of amides is 1. The molecule has 1 aliphatic heterocycles. The highest BCUT2D eigenvalue weighted by atomic mass is 35.5. The summed E-state index contributed by atoms with van der Waals surface area (Å²) in [6.45, 7) is 0.938. The van der Waals surface area contributed by atoms with Crippen LogP contribution < -0.4 is 0 Å². The number of halogens is 3. The van der Waals surface area contributed by atoms with Gasteiger partial charge in [0.15, 0.2) is 0 Å². The Bertz CT molecular complexity index is 1330. The van der Waals surface area contributed by atoms with E-state index >= 15 is 0 Å². The van der Waals surface area contributed by atoms with E-state index in [-0.39, 0.29) is 39.8 Å². The summed E-state index contributed by atoms with van der Waals surface area (Å²) < 4.78 is 16.8. The molecule has 2 aliphatic rings. The minimum atomic E-state index is -0.818. The molecule has 0 bridgehead atoms. The van der Waals surface area contributed by atoms with Crippen molar-refractivity contribution in [2.75, 3.05) is 13.1 Å². The zero-order valence-corrected chi connectivity index (χ0v) is 20.9. The number of benzene rings is 1. The van der Waals surface area contributed by atoms with E-state index in [1.165, 1.54) is 6.20 Å². The highest BCUT2D eigenvalue weighted by Gasteiger charge is 2.28. The van der Waals surface area contributed by atoms with Crippen LogP contribution in [0.2, 0.25) is 10.2 Å². The number of aromatic nitrogens is 2. The minimum absolute atomic E-state index is 0.0678. The van der Waals surface area contributed by atoms with Gasteiger partial charge < -0.3 is 14.6 Å². The highest BCUT2D eigenvalue weighted by Crippen LogP contribution is 2.42. The number of hydrogen-bond donors (Lipinski definition) is 1. The average molecular weight is 518 g/mol. The Morgan fingerprint density at radius 2 is 1.86 bits per heavy atom. The summed E-state index contributed by atoms with van der Waals surface area (Å²) in [7, 11) is 1.89. The van der Waals surface area contributed by atoms with Crippen LogP contribution in [0.4, 0.5) is 4.39 Å². The van der Waals surface area contributed by atoms with Gasteiger partial charge in [-0.15, -0.1) is 0 Å². The summed E-state index contributed by atoms with van der Waals surface area (Å²) in [5, 5.41) is 10.0. The minimum Gasteiger partial charge on any atom is -0.481 e. The number of aryl methyl sites for hydroxylation is 1. The molecular weight excluding hydrogens is 492 g/mol. The van der Waals surface area contributed by atoms with Crippen LogP contribution in [0.25, 0.3) is 10.9 Å². The van der Waals surface area contributed by atoms with Crippen LogP contribution in [0.3, 0.4) is 0 Å². The van der Waals surface area contributed by atoms with Crippen LogP contribution in [-0.2, 0) is 18.3 Å². The van der Waals surface area contributed by atoms with Gasteiger partial charge in [-0.05, 0) is 61.3 Å². The van der Waals surface area contributed by atoms with Crippen molar-refractivity contribution < 1.29 is 19.1 Å². The maximum absolute atomic E-state index is 14.8. The van der Waals surface area contributed by atoms with E-state index in [9.17, 15) is 14.0 Å². The van der Waals surface area contributed by atoms with Gasteiger partial charge in [-0.25, -0.2) is 9.37 Å². The molecule has 0 spiro atoms. The Labute approximate surface area is 212 Å². The van der Waals surface area contributed by atoms with Crippen molar-refractivity contribution in [3.63, 3.8) is 0 Å². The number of carbonyl (C=O) groups is 2. The number of rotatable bonds is 6. The molecule has 3 heterocycles. The van der Waals surface area contributed by atoms with Crippen LogP contribution in [-0.4, -0.2) is 44.5 Å². The molecule has 184 valence electrons. The van der Waals surface area contributed by atoms with Gasteiger partial charge >= 0.3 is 5.97 Å². The molecule has 35 heavy (non-hydrogen) atoms. The van der Waals surface area contributed by atoms with Crippen molar-refractivity contribution in [3.8, 4) is 0 Å². The van der Waals surface area contributed by atoms with Crippen molar-refractivity contribution in [1.29, 1.82) is 0 Å². The molecule has 6 nitrogen and oxygen atoms in total. The van der Waals surface area contributed by atoms with Gasteiger partial charge in [0.2, 0.25) is 0 Å². The van der Waals surface area contributed by atoms with E-state index in [0.717, 1.165) is 29.6 Å². The van der Waals surface area contributed by atoms with Crippen LogP contribution in [0.5, 0.6) is 0 Å². The van der Waals surface area contributed by atoms with Crippen molar-refractivity contribution in [3.05, 3.63) is 62.8 Å². The lowest BCUT2D eigenvalue weighted by Crippen LogP contribution is -2.39. The van der Waals surface area contributed by atoms with Crippen LogP contribution >= 0.6 is 23.2 Å². The predicted molar refractivity (Wildman–Crippen MR) is 133 cm³/mol. The normalized spacial score (nSPS) is 16.7. The SMILES string of the molecule is Cn1c(Cc2c(Cl)ncc(C(=O)N3CCC(CC(=O)O)CC3)c2Cl)cc2c(F)cc(C3CC3)cc21. The summed E-state index contributed by atoms with van der Waals surface area (Å²) in [6.07, 6.45) is 5.26. The van der Waals surface area contributed by atoms with Crippen LogP contribution in [0, 0.1) is 11.7 Å². The Balaban J connectivity index is 1.40. The Morgan fingerprint density at radius 1 is 1.14 bits per heavy atom. The second-order valence-corrected chi connectivity index (χ2v) is 10.4. The van der Waals surface area contributed by atoms with E-state index in [4.69, 9.17) is 28.3 Å². The fraction of sp³-hybridized carbons (Fsp3) is 0.423. The first-order chi connectivity index (χ1) is 16.7. The topological polar surface area (TPSA) is 75.4 Å². The molecule has 3 aromatic rings. The quantitative estimate of drug-likeness (QED) is 0.418. The van der Waals surface area contributed by atoms with Gasteiger partial charge in [0.05, 0.1) is 16.1 Å². The third kappa shape index (κ3) is 4.76. The summed E-state index contributed by atoms with van der Waals surface area (Å²) in [5.41, 5.74) is 3.45. The molecule has 9 heteroatoms. The van der Waals surface area contributed by atoms with E-state index in [2.05, 4.69) is 11.1 Å². The van der Waals surface area contributed by atoms with Crippen molar-refractivity contribution in [2.45, 2.75) is 44.4 Å². The molecule has 1 saturated carbocycles. The number of hydrogen-bond acceptors (Lipinski definition) is 3. The number of fused-ring (bicyclic) bond motifs is 1. The number of aliphatic carboxylic acids is 1. The molecule has 5 rings (SSSR count). The first kappa shape index (κ1) is 24.1. The van der Waals surface area contributed by atoms with E-state index in [1.807, 2.05) is 11.6 Å². The van der Waals surface area contributed by atoms with Crippen molar-refractivity contribution in [2.24, 2.45) is 13.0 Å². The van der Waals surface area contributed by atoms with E-state index in [0.29, 0.717) is 49.2 Å². The lowest BCUT2D eigenvalue weighted by atomic mass is 9.93. The summed E-state index contributed by atoms with van der Waals surface area (Å²) in [5.74, 6) is -0.792. The lowest BCUT2D eigenvalue weighted by Gasteiger charge is -2.31. The number of carbonyl (C=O) groups excluding carboxylic acids is 1.